The molecule has 1 aliphatic rings. The number of hydrogen-bond donors (Lipinski definition) is 1. The number of hydrogen-bond acceptors (Lipinski definition) is 3. The molecule has 0 amide bonds. The number of benzene rings is 2. The third-order valence-electron chi connectivity index (χ3n) is 4.97. The van der Waals surface area contributed by atoms with Crippen molar-refractivity contribution in [1.82, 2.24) is 9.80 Å². The van der Waals surface area contributed by atoms with Crippen LogP contribution in [-0.4, -0.2) is 46.6 Å². The maximum Gasteiger partial charge on any atom is 0.335 e. The summed E-state index contributed by atoms with van der Waals surface area (Å²) in [5, 5.41) is 9.15. The van der Waals surface area contributed by atoms with Crippen LogP contribution in [0, 0.1) is 0 Å². The predicted octanol–water partition coefficient (Wildman–Crippen LogP) is 3.48. The Balaban J connectivity index is 1.61. The van der Waals surface area contributed by atoms with E-state index in [1.165, 1.54) is 5.56 Å². The Morgan fingerprint density at radius 3 is 2.52 bits per heavy atom. The number of nitrogens with zero attached hydrogens (tertiary/aromatic N) is 2. The first kappa shape index (κ1) is 17.6. The molecule has 1 fully saturated rings. The summed E-state index contributed by atoms with van der Waals surface area (Å²) in [5.74, 6) is -0.860. The molecule has 2 aromatic carbocycles. The van der Waals surface area contributed by atoms with Crippen LogP contribution in [0.25, 0.3) is 0 Å². The minimum atomic E-state index is -0.860. The molecular weight excluding hydrogens is 312 g/mol. The van der Waals surface area contributed by atoms with E-state index in [4.69, 9.17) is 5.11 Å². The first-order chi connectivity index (χ1) is 12.2. The molecular formula is C21H26N2O2. The lowest BCUT2D eigenvalue weighted by Gasteiger charge is -2.41. The van der Waals surface area contributed by atoms with Gasteiger partial charge in [0.25, 0.3) is 0 Å². The van der Waals surface area contributed by atoms with E-state index >= 15 is 0 Å². The number of carboxylic acid groups (broad SMARTS) is 1. The fourth-order valence-corrected chi connectivity index (χ4v) is 3.58. The third kappa shape index (κ3) is 4.68. The van der Waals surface area contributed by atoms with Crippen LogP contribution in [0.5, 0.6) is 0 Å². The van der Waals surface area contributed by atoms with E-state index in [1.807, 2.05) is 12.1 Å². The van der Waals surface area contributed by atoms with Crippen molar-refractivity contribution in [3.8, 4) is 0 Å². The summed E-state index contributed by atoms with van der Waals surface area (Å²) in [4.78, 5) is 16.2. The average molecular weight is 338 g/mol. The lowest BCUT2D eigenvalue weighted by Crippen LogP contribution is -2.52. The van der Waals surface area contributed by atoms with Gasteiger partial charge in [0, 0.05) is 38.8 Å². The second-order valence-electron chi connectivity index (χ2n) is 6.76. The number of aromatic carboxylic acids is 1. The minimum Gasteiger partial charge on any atom is -0.478 e. The Labute approximate surface area is 149 Å². The Kier molecular flexibility index (Phi) is 5.84. The van der Waals surface area contributed by atoms with Crippen LogP contribution in [0.15, 0.2) is 54.6 Å². The van der Waals surface area contributed by atoms with Gasteiger partial charge in [0.1, 0.15) is 0 Å². The highest BCUT2D eigenvalue weighted by molar-refractivity contribution is 5.87. The van der Waals surface area contributed by atoms with Gasteiger partial charge >= 0.3 is 5.97 Å². The Morgan fingerprint density at radius 1 is 1.04 bits per heavy atom. The summed E-state index contributed by atoms with van der Waals surface area (Å²) in [7, 11) is 0. The molecule has 1 heterocycles. The average Bonchev–Trinajstić information content (AvgIpc) is 2.64. The van der Waals surface area contributed by atoms with Crippen LogP contribution in [0.2, 0.25) is 0 Å². The second-order valence-corrected chi connectivity index (χ2v) is 6.76. The van der Waals surface area contributed by atoms with Crippen molar-refractivity contribution in [2.45, 2.75) is 32.5 Å². The topological polar surface area (TPSA) is 43.8 Å². The van der Waals surface area contributed by atoms with E-state index in [9.17, 15) is 4.79 Å². The Bertz CT molecular complexity index is 702. The molecule has 4 heteroatoms. The second kappa shape index (κ2) is 8.28. The molecule has 4 nitrogen and oxygen atoms in total. The molecule has 1 N–H and O–H groups in total. The van der Waals surface area contributed by atoms with Crippen molar-refractivity contribution in [2.75, 3.05) is 19.6 Å². The van der Waals surface area contributed by atoms with Crippen molar-refractivity contribution >= 4 is 5.97 Å². The number of rotatable bonds is 6. The van der Waals surface area contributed by atoms with Gasteiger partial charge < -0.3 is 5.11 Å². The van der Waals surface area contributed by atoms with Gasteiger partial charge in [0.05, 0.1) is 5.56 Å². The zero-order valence-corrected chi connectivity index (χ0v) is 14.8. The number of carbonyl (C=O) groups is 1. The van der Waals surface area contributed by atoms with Crippen LogP contribution in [0.3, 0.4) is 0 Å². The normalized spacial score (nSPS) is 19.0. The molecule has 1 unspecified atom stereocenters. The molecule has 0 aliphatic carbocycles. The van der Waals surface area contributed by atoms with Crippen molar-refractivity contribution in [1.29, 1.82) is 0 Å². The maximum absolute atomic E-state index is 11.1. The summed E-state index contributed by atoms with van der Waals surface area (Å²) >= 11 is 0. The van der Waals surface area contributed by atoms with Crippen LogP contribution in [-0.2, 0) is 13.1 Å². The molecule has 0 radical (unpaired) electrons. The van der Waals surface area contributed by atoms with Gasteiger partial charge in [-0.2, -0.15) is 0 Å². The molecule has 2 aromatic rings. The molecule has 0 saturated carbocycles. The summed E-state index contributed by atoms with van der Waals surface area (Å²) in [6.45, 7) is 7.16. The van der Waals surface area contributed by atoms with Gasteiger partial charge in [-0.05, 0) is 29.7 Å². The number of piperazine rings is 1. The molecule has 1 saturated heterocycles. The van der Waals surface area contributed by atoms with Crippen LogP contribution in [0.4, 0.5) is 0 Å². The van der Waals surface area contributed by atoms with Gasteiger partial charge in [-0.25, -0.2) is 4.79 Å². The molecule has 132 valence electrons. The monoisotopic (exact) mass is 338 g/mol. The third-order valence-corrected chi connectivity index (χ3v) is 4.97. The van der Waals surface area contributed by atoms with Gasteiger partial charge in [-0.1, -0.05) is 49.4 Å². The van der Waals surface area contributed by atoms with Crippen molar-refractivity contribution in [3.63, 3.8) is 0 Å². The van der Waals surface area contributed by atoms with Crippen molar-refractivity contribution in [2.24, 2.45) is 0 Å². The van der Waals surface area contributed by atoms with E-state index in [2.05, 4.69) is 47.1 Å². The highest BCUT2D eigenvalue weighted by Gasteiger charge is 2.25. The van der Waals surface area contributed by atoms with E-state index in [0.29, 0.717) is 11.6 Å². The summed E-state index contributed by atoms with van der Waals surface area (Å²) < 4.78 is 0. The van der Waals surface area contributed by atoms with E-state index in [0.717, 1.165) is 44.7 Å². The highest BCUT2D eigenvalue weighted by atomic mass is 16.4. The quantitative estimate of drug-likeness (QED) is 0.876. The van der Waals surface area contributed by atoms with Gasteiger partial charge in [-0.15, -0.1) is 0 Å². The van der Waals surface area contributed by atoms with E-state index in [-0.39, 0.29) is 0 Å². The van der Waals surface area contributed by atoms with E-state index < -0.39 is 5.97 Å². The predicted molar refractivity (Wildman–Crippen MR) is 99.6 cm³/mol. The van der Waals surface area contributed by atoms with Gasteiger partial charge in [0.15, 0.2) is 0 Å². The smallest absolute Gasteiger partial charge is 0.335 e. The molecule has 0 spiro atoms. The summed E-state index contributed by atoms with van der Waals surface area (Å²) in [6.07, 6.45) is 1.12. The summed E-state index contributed by atoms with van der Waals surface area (Å²) in [6, 6.07) is 18.5. The van der Waals surface area contributed by atoms with Crippen LogP contribution < -0.4 is 0 Å². The van der Waals surface area contributed by atoms with Gasteiger partial charge in [-0.3, -0.25) is 9.80 Å². The first-order valence-corrected chi connectivity index (χ1v) is 8.98. The minimum absolute atomic E-state index is 0.368. The summed E-state index contributed by atoms with van der Waals surface area (Å²) in [5.41, 5.74) is 2.81. The molecule has 0 bridgehead atoms. The van der Waals surface area contributed by atoms with Crippen LogP contribution >= 0.6 is 0 Å². The Hall–Kier alpha value is -2.17. The zero-order valence-electron chi connectivity index (χ0n) is 14.8. The van der Waals surface area contributed by atoms with Crippen molar-refractivity contribution < 1.29 is 9.90 Å². The van der Waals surface area contributed by atoms with Gasteiger partial charge in [0.2, 0.25) is 0 Å². The molecule has 25 heavy (non-hydrogen) atoms. The molecule has 0 aromatic heterocycles. The SMILES string of the molecule is CCC1CN(Cc2cccc(C(=O)O)c2)CCN1Cc1ccccc1. The van der Waals surface area contributed by atoms with Crippen LogP contribution in [0.1, 0.15) is 34.8 Å². The lowest BCUT2D eigenvalue weighted by atomic mass is 10.1. The molecule has 1 atom stereocenters. The lowest BCUT2D eigenvalue weighted by molar-refractivity contribution is 0.0619. The zero-order chi connectivity index (χ0) is 17.6. The fraction of sp³-hybridized carbons (Fsp3) is 0.381. The standard InChI is InChI=1S/C21H26N2O2/c1-2-20-16-22(14-18-9-6-10-19(13-18)21(24)25)11-12-23(20)15-17-7-4-3-5-8-17/h3-10,13,20H,2,11-12,14-16H2,1H3,(H,24,25). The first-order valence-electron chi connectivity index (χ1n) is 8.98. The maximum atomic E-state index is 11.1. The molecule has 1 aliphatic heterocycles. The number of carboxylic acids is 1. The fourth-order valence-electron chi connectivity index (χ4n) is 3.58. The largest absolute Gasteiger partial charge is 0.478 e. The Morgan fingerprint density at radius 2 is 1.80 bits per heavy atom. The molecule has 3 rings (SSSR count). The van der Waals surface area contributed by atoms with E-state index in [1.54, 1.807) is 12.1 Å². The van der Waals surface area contributed by atoms with Crippen molar-refractivity contribution in [3.05, 3.63) is 71.3 Å². The highest BCUT2D eigenvalue weighted by Crippen LogP contribution is 2.18.